The number of nitrogens with one attached hydrogen (secondary N) is 2. The van der Waals surface area contributed by atoms with Gasteiger partial charge in [-0.1, -0.05) is 26.7 Å². The van der Waals surface area contributed by atoms with Gasteiger partial charge in [-0.3, -0.25) is 9.59 Å². The van der Waals surface area contributed by atoms with Crippen molar-refractivity contribution in [3.63, 3.8) is 0 Å². The molecule has 2 aromatic rings. The van der Waals surface area contributed by atoms with E-state index in [1.165, 1.54) is 0 Å². The monoisotopic (exact) mass is 460 g/mol. The van der Waals surface area contributed by atoms with Gasteiger partial charge < -0.3 is 20.1 Å². The molecule has 0 saturated carbocycles. The van der Waals surface area contributed by atoms with Crippen molar-refractivity contribution in [1.82, 2.24) is 10.6 Å². The second-order valence-corrected chi connectivity index (χ2v) is 7.45. The van der Waals surface area contributed by atoms with Crippen LogP contribution >= 0.6 is 0 Å². The van der Waals surface area contributed by atoms with Gasteiger partial charge in [0.05, 0.1) is 0 Å². The molecule has 6 heteroatoms. The third-order valence-electron chi connectivity index (χ3n) is 4.73. The molecule has 0 saturated heterocycles. The third kappa shape index (κ3) is 10.1. The topological polar surface area (TPSA) is 76.7 Å². The van der Waals surface area contributed by atoms with Gasteiger partial charge in [0.2, 0.25) is 0 Å². The fourth-order valence-corrected chi connectivity index (χ4v) is 2.77. The van der Waals surface area contributed by atoms with Gasteiger partial charge >= 0.3 is 0 Å². The maximum Gasteiger partial charge on any atom is 0.251 e. The fourth-order valence-electron chi connectivity index (χ4n) is 2.77. The van der Waals surface area contributed by atoms with E-state index in [0.29, 0.717) is 35.7 Å². The maximum atomic E-state index is 12.0. The summed E-state index contributed by atoms with van der Waals surface area (Å²) in [6, 6.07) is 13.9. The first-order valence-electron chi connectivity index (χ1n) is 11.6. The van der Waals surface area contributed by atoms with Crippen molar-refractivity contribution in [2.24, 2.45) is 0 Å². The van der Waals surface area contributed by atoms with E-state index < -0.39 is 0 Å². The molecule has 2 N–H and O–H groups in total. The van der Waals surface area contributed by atoms with E-state index in [2.05, 4.69) is 48.2 Å². The van der Waals surface area contributed by atoms with Crippen molar-refractivity contribution >= 4 is 11.8 Å². The number of benzene rings is 2. The third-order valence-corrected chi connectivity index (χ3v) is 4.73. The number of hydrogen-bond donors (Lipinski definition) is 2. The summed E-state index contributed by atoms with van der Waals surface area (Å²) in [5, 5.41) is 5.76. The SMILES string of the molecule is CCCCNC(=O)c1ccc(OCC#CC#CCOc2ccc(C(=O)NCCCC)cc2)cc1. The van der Waals surface area contributed by atoms with E-state index in [1.54, 1.807) is 48.5 Å². The minimum atomic E-state index is -0.0823. The summed E-state index contributed by atoms with van der Waals surface area (Å²) in [6.07, 6.45) is 4.01. The van der Waals surface area contributed by atoms with Crippen LogP contribution in [-0.2, 0) is 0 Å². The summed E-state index contributed by atoms with van der Waals surface area (Å²) in [4.78, 5) is 24.0. The van der Waals surface area contributed by atoms with E-state index >= 15 is 0 Å². The minimum Gasteiger partial charge on any atom is -0.481 e. The maximum absolute atomic E-state index is 12.0. The molecule has 6 nitrogen and oxygen atoms in total. The van der Waals surface area contributed by atoms with Gasteiger partial charge in [0.15, 0.2) is 0 Å². The number of rotatable bonds is 12. The largest absolute Gasteiger partial charge is 0.481 e. The van der Waals surface area contributed by atoms with Crippen LogP contribution in [0.15, 0.2) is 48.5 Å². The van der Waals surface area contributed by atoms with Gasteiger partial charge in [-0.25, -0.2) is 0 Å². The lowest BCUT2D eigenvalue weighted by molar-refractivity contribution is 0.0945. The van der Waals surface area contributed by atoms with Crippen molar-refractivity contribution < 1.29 is 19.1 Å². The summed E-state index contributed by atoms with van der Waals surface area (Å²) >= 11 is 0. The van der Waals surface area contributed by atoms with E-state index in [4.69, 9.17) is 9.47 Å². The van der Waals surface area contributed by atoms with Gasteiger partial charge in [-0.15, -0.1) is 0 Å². The lowest BCUT2D eigenvalue weighted by Gasteiger charge is -2.06. The first-order chi connectivity index (χ1) is 16.6. The van der Waals surface area contributed by atoms with Crippen LogP contribution in [0.3, 0.4) is 0 Å². The highest BCUT2D eigenvalue weighted by Crippen LogP contribution is 2.13. The van der Waals surface area contributed by atoms with Crippen LogP contribution in [0, 0.1) is 23.7 Å². The van der Waals surface area contributed by atoms with Crippen LogP contribution in [0.1, 0.15) is 60.2 Å². The number of hydrogen-bond acceptors (Lipinski definition) is 4. The molecular weight excluding hydrogens is 428 g/mol. The van der Waals surface area contributed by atoms with Crippen molar-refractivity contribution in [2.75, 3.05) is 26.3 Å². The summed E-state index contributed by atoms with van der Waals surface area (Å²) in [7, 11) is 0. The van der Waals surface area contributed by atoms with Gasteiger partial charge in [-0.05, 0) is 85.1 Å². The second kappa shape index (κ2) is 15.8. The first kappa shape index (κ1) is 26.4. The van der Waals surface area contributed by atoms with Gasteiger partial charge in [0, 0.05) is 24.2 Å². The molecule has 2 aromatic carbocycles. The predicted molar refractivity (Wildman–Crippen MR) is 134 cm³/mol. The number of amides is 2. The Hall–Kier alpha value is -3.90. The summed E-state index contributed by atoms with van der Waals surface area (Å²) in [6.45, 7) is 5.91. The first-order valence-corrected chi connectivity index (χ1v) is 11.6. The molecule has 0 atom stereocenters. The van der Waals surface area contributed by atoms with Gasteiger partial charge in [-0.2, -0.15) is 0 Å². The highest BCUT2D eigenvalue weighted by atomic mass is 16.5. The molecular formula is C28H32N2O4. The second-order valence-electron chi connectivity index (χ2n) is 7.45. The van der Waals surface area contributed by atoms with Crippen LogP contribution < -0.4 is 20.1 Å². The van der Waals surface area contributed by atoms with Crippen LogP contribution in [-0.4, -0.2) is 38.1 Å². The Balaban J connectivity index is 1.67. The smallest absolute Gasteiger partial charge is 0.251 e. The average molecular weight is 461 g/mol. The van der Waals surface area contributed by atoms with E-state index in [0.717, 1.165) is 25.7 Å². The molecule has 0 aliphatic rings. The normalized spacial score (nSPS) is 9.59. The predicted octanol–water partition coefficient (Wildman–Crippen LogP) is 4.21. The molecule has 0 unspecified atom stereocenters. The lowest BCUT2D eigenvalue weighted by Crippen LogP contribution is -2.24. The zero-order chi connectivity index (χ0) is 24.4. The molecule has 0 aliphatic heterocycles. The lowest BCUT2D eigenvalue weighted by atomic mass is 10.2. The molecule has 0 spiro atoms. The van der Waals surface area contributed by atoms with Gasteiger partial charge in [0.1, 0.15) is 24.7 Å². The molecule has 0 radical (unpaired) electrons. The summed E-state index contributed by atoms with van der Waals surface area (Å²) in [5.41, 5.74) is 1.20. The molecule has 178 valence electrons. The molecule has 2 rings (SSSR count). The molecule has 0 heterocycles. The Morgan fingerprint density at radius 2 is 1.06 bits per heavy atom. The number of unbranched alkanes of at least 4 members (excludes halogenated alkanes) is 2. The molecule has 0 bridgehead atoms. The number of carbonyl (C=O) groups is 2. The van der Waals surface area contributed by atoms with E-state index in [-0.39, 0.29) is 25.0 Å². The summed E-state index contributed by atoms with van der Waals surface area (Å²) < 4.78 is 11.1. The molecule has 0 fully saturated rings. The van der Waals surface area contributed by atoms with Crippen molar-refractivity contribution in [2.45, 2.75) is 39.5 Å². The Morgan fingerprint density at radius 1 is 0.676 bits per heavy atom. The van der Waals surface area contributed by atoms with Crippen molar-refractivity contribution in [3.05, 3.63) is 59.7 Å². The van der Waals surface area contributed by atoms with Crippen LogP contribution in [0.25, 0.3) is 0 Å². The zero-order valence-electron chi connectivity index (χ0n) is 19.9. The minimum absolute atomic E-state index is 0.0823. The quantitative estimate of drug-likeness (QED) is 0.367. The van der Waals surface area contributed by atoms with Crippen LogP contribution in [0.2, 0.25) is 0 Å². The molecule has 34 heavy (non-hydrogen) atoms. The van der Waals surface area contributed by atoms with E-state index in [9.17, 15) is 9.59 Å². The Kier molecular flexibility index (Phi) is 12.3. The van der Waals surface area contributed by atoms with Crippen molar-refractivity contribution in [1.29, 1.82) is 0 Å². The Labute approximate surface area is 202 Å². The summed E-state index contributed by atoms with van der Waals surface area (Å²) in [5.74, 6) is 12.2. The Bertz CT molecular complexity index is 937. The number of ether oxygens (including phenoxy) is 2. The standard InChI is InChI=1S/C28H32N2O4/c1-3-5-19-29-27(31)23-11-15-25(16-12-23)33-21-9-7-8-10-22-34-26-17-13-24(14-18-26)28(32)30-20-6-4-2/h11-18H,3-6,19-22H2,1-2H3,(H,29,31)(H,30,32). The van der Waals surface area contributed by atoms with E-state index in [1.807, 2.05) is 0 Å². The highest BCUT2D eigenvalue weighted by molar-refractivity contribution is 5.94. The molecule has 2 amide bonds. The Morgan fingerprint density at radius 3 is 1.41 bits per heavy atom. The number of carbonyl (C=O) groups excluding carboxylic acids is 2. The van der Waals surface area contributed by atoms with Crippen LogP contribution in [0.5, 0.6) is 11.5 Å². The zero-order valence-corrected chi connectivity index (χ0v) is 19.9. The van der Waals surface area contributed by atoms with Crippen LogP contribution in [0.4, 0.5) is 0 Å². The molecule has 0 aromatic heterocycles. The average Bonchev–Trinajstić information content (AvgIpc) is 2.86. The van der Waals surface area contributed by atoms with Crippen molar-refractivity contribution in [3.8, 4) is 35.2 Å². The highest BCUT2D eigenvalue weighted by Gasteiger charge is 2.05. The fraction of sp³-hybridized carbons (Fsp3) is 0.357. The van der Waals surface area contributed by atoms with Gasteiger partial charge in [0.25, 0.3) is 11.8 Å². The molecule has 0 aliphatic carbocycles.